The van der Waals surface area contributed by atoms with Gasteiger partial charge in [0.25, 0.3) is 5.91 Å². The second-order valence-corrected chi connectivity index (χ2v) is 12.6. The number of nitrogens with one attached hydrogen (secondary N) is 1. The van der Waals surface area contributed by atoms with E-state index < -0.39 is 0 Å². The van der Waals surface area contributed by atoms with E-state index >= 15 is 0 Å². The summed E-state index contributed by atoms with van der Waals surface area (Å²) in [5.74, 6) is 2.84. The van der Waals surface area contributed by atoms with Crippen LogP contribution < -0.4 is 5.32 Å². The number of nitrogens with zero attached hydrogens (tertiary/aromatic N) is 4. The number of piperidine rings is 1. The lowest BCUT2D eigenvalue weighted by molar-refractivity contribution is -0.133. The standard InChI is InChI=1S/C29H41N5O2/c1-32(2)24-5-4-10-33(18-24)27(35)9-8-23-17-34-25(6-3-7-26(34)31-23)28(36)30-19-29-14-20-11-21(15-29)13-22(12-20)16-29/h3,6-7,17,20-22,24H,4-5,8-16,18-19H2,1-2H3,(H,30,36). The van der Waals surface area contributed by atoms with Crippen LogP contribution in [0.5, 0.6) is 0 Å². The molecule has 1 aliphatic heterocycles. The zero-order valence-electron chi connectivity index (χ0n) is 21.9. The van der Waals surface area contributed by atoms with Crippen LogP contribution in [-0.2, 0) is 11.2 Å². The van der Waals surface area contributed by atoms with Crippen molar-refractivity contribution in [3.05, 3.63) is 35.8 Å². The van der Waals surface area contributed by atoms with E-state index in [1.165, 1.54) is 38.5 Å². The van der Waals surface area contributed by atoms with Crippen molar-refractivity contribution in [3.63, 3.8) is 0 Å². The van der Waals surface area contributed by atoms with Gasteiger partial charge in [-0.2, -0.15) is 0 Å². The highest BCUT2D eigenvalue weighted by Crippen LogP contribution is 2.59. The van der Waals surface area contributed by atoms with Gasteiger partial charge in [-0.15, -0.1) is 0 Å². The summed E-state index contributed by atoms with van der Waals surface area (Å²) in [6, 6.07) is 6.17. The van der Waals surface area contributed by atoms with Crippen LogP contribution in [0.25, 0.3) is 5.65 Å². The Morgan fingerprint density at radius 3 is 2.53 bits per heavy atom. The molecular weight excluding hydrogens is 450 g/mol. The van der Waals surface area contributed by atoms with Gasteiger partial charge in [0, 0.05) is 38.3 Å². The molecule has 0 spiro atoms. The fourth-order valence-electron chi connectivity index (χ4n) is 8.23. The number of aryl methyl sites for hydroxylation is 1. The van der Waals surface area contributed by atoms with Crippen LogP contribution in [0.15, 0.2) is 24.4 Å². The topological polar surface area (TPSA) is 70.0 Å². The number of amides is 2. The molecule has 0 aromatic carbocycles. The number of carbonyl (C=O) groups excluding carboxylic acids is 2. The minimum absolute atomic E-state index is 0.0144. The van der Waals surface area contributed by atoms with Gasteiger partial charge >= 0.3 is 0 Å². The highest BCUT2D eigenvalue weighted by atomic mass is 16.2. The van der Waals surface area contributed by atoms with Crippen molar-refractivity contribution >= 4 is 17.5 Å². The fourth-order valence-corrected chi connectivity index (χ4v) is 8.23. The maximum absolute atomic E-state index is 13.3. The monoisotopic (exact) mass is 491 g/mol. The SMILES string of the molecule is CN(C)C1CCCN(C(=O)CCc2cn3c(C(=O)NCC45CC6CC(CC(C6)C4)C5)cccc3n2)C1. The summed E-state index contributed by atoms with van der Waals surface area (Å²) in [6.45, 7) is 2.46. The molecule has 5 aliphatic rings. The molecule has 4 saturated carbocycles. The van der Waals surface area contributed by atoms with Crippen LogP contribution in [0, 0.1) is 23.2 Å². The van der Waals surface area contributed by atoms with E-state index in [4.69, 9.17) is 4.98 Å². The molecule has 1 N–H and O–H groups in total. The molecule has 3 heterocycles. The predicted molar refractivity (Wildman–Crippen MR) is 140 cm³/mol. The molecule has 5 fully saturated rings. The van der Waals surface area contributed by atoms with Crippen molar-refractivity contribution in [1.82, 2.24) is 24.5 Å². The Balaban J connectivity index is 1.09. The first kappa shape index (κ1) is 24.0. The lowest BCUT2D eigenvalue weighted by Gasteiger charge is -2.56. The average molecular weight is 492 g/mol. The maximum atomic E-state index is 13.3. The largest absolute Gasteiger partial charge is 0.350 e. The van der Waals surface area contributed by atoms with Gasteiger partial charge in [-0.3, -0.25) is 14.0 Å². The number of likely N-dealkylation sites (N-methyl/N-ethyl adjacent to an activating group) is 1. The Bertz CT molecular complexity index is 1100. The maximum Gasteiger partial charge on any atom is 0.268 e. The van der Waals surface area contributed by atoms with E-state index in [9.17, 15) is 9.59 Å². The second-order valence-electron chi connectivity index (χ2n) is 12.6. The second kappa shape index (κ2) is 9.47. The summed E-state index contributed by atoms with van der Waals surface area (Å²) >= 11 is 0. The Morgan fingerprint density at radius 2 is 1.83 bits per heavy atom. The van der Waals surface area contributed by atoms with Crippen molar-refractivity contribution in [3.8, 4) is 0 Å². The van der Waals surface area contributed by atoms with Crippen molar-refractivity contribution in [2.45, 2.75) is 70.3 Å². The zero-order valence-corrected chi connectivity index (χ0v) is 21.9. The molecule has 7 heteroatoms. The first-order valence-electron chi connectivity index (χ1n) is 14.1. The van der Waals surface area contributed by atoms with Gasteiger partial charge < -0.3 is 15.1 Å². The normalized spacial score (nSPS) is 31.4. The molecular formula is C29H41N5O2. The third-order valence-electron chi connectivity index (χ3n) is 9.64. The molecule has 4 aliphatic carbocycles. The molecule has 1 unspecified atom stereocenters. The number of rotatable bonds is 7. The molecule has 1 saturated heterocycles. The number of pyridine rings is 1. The third-order valence-corrected chi connectivity index (χ3v) is 9.64. The highest BCUT2D eigenvalue weighted by molar-refractivity contribution is 5.93. The molecule has 2 amide bonds. The molecule has 1 atom stereocenters. The Kier molecular flexibility index (Phi) is 6.30. The van der Waals surface area contributed by atoms with Crippen molar-refractivity contribution in [1.29, 1.82) is 0 Å². The van der Waals surface area contributed by atoms with E-state index in [1.807, 2.05) is 33.7 Å². The van der Waals surface area contributed by atoms with Gasteiger partial charge in [-0.25, -0.2) is 4.98 Å². The van der Waals surface area contributed by atoms with Gasteiger partial charge in [0.2, 0.25) is 5.91 Å². The Morgan fingerprint density at radius 1 is 1.11 bits per heavy atom. The Hall–Kier alpha value is -2.41. The predicted octanol–water partition coefficient (Wildman–Crippen LogP) is 3.77. The van der Waals surface area contributed by atoms with Gasteiger partial charge in [0.15, 0.2) is 0 Å². The smallest absolute Gasteiger partial charge is 0.268 e. The minimum Gasteiger partial charge on any atom is -0.350 e. The van der Waals surface area contributed by atoms with Gasteiger partial charge in [-0.05, 0) is 107 Å². The lowest BCUT2D eigenvalue weighted by Crippen LogP contribution is -2.51. The molecule has 0 radical (unpaired) electrons. The summed E-state index contributed by atoms with van der Waals surface area (Å²) in [5, 5.41) is 3.31. The zero-order chi connectivity index (χ0) is 24.9. The molecule has 36 heavy (non-hydrogen) atoms. The Labute approximate surface area is 214 Å². The molecule has 7 rings (SSSR count). The summed E-state index contributed by atoms with van der Waals surface area (Å²) in [5.41, 5.74) is 2.59. The number of hydrogen-bond acceptors (Lipinski definition) is 4. The quantitative estimate of drug-likeness (QED) is 0.640. The molecule has 2 aromatic rings. The van der Waals surface area contributed by atoms with Crippen molar-refractivity contribution in [2.75, 3.05) is 33.7 Å². The van der Waals surface area contributed by atoms with E-state index in [1.54, 1.807) is 0 Å². The lowest BCUT2D eigenvalue weighted by atomic mass is 9.49. The van der Waals surface area contributed by atoms with Crippen LogP contribution in [0.2, 0.25) is 0 Å². The third kappa shape index (κ3) is 4.67. The first-order chi connectivity index (χ1) is 17.4. The number of imidazole rings is 1. The van der Waals surface area contributed by atoms with Crippen LogP contribution in [-0.4, -0.2) is 70.8 Å². The molecule has 194 valence electrons. The summed E-state index contributed by atoms with van der Waals surface area (Å²) in [6.07, 6.45) is 13.3. The number of likely N-dealkylation sites (tertiary alicyclic amines) is 1. The summed E-state index contributed by atoms with van der Waals surface area (Å²) in [4.78, 5) is 35.1. The van der Waals surface area contributed by atoms with E-state index in [0.717, 1.165) is 61.6 Å². The molecule has 7 nitrogen and oxygen atoms in total. The fraction of sp³-hybridized carbons (Fsp3) is 0.690. The number of hydrogen-bond donors (Lipinski definition) is 1. The van der Waals surface area contributed by atoms with Crippen LogP contribution in [0.3, 0.4) is 0 Å². The van der Waals surface area contributed by atoms with Gasteiger partial charge in [0.05, 0.1) is 5.69 Å². The molecule has 4 bridgehead atoms. The molecule has 2 aromatic heterocycles. The summed E-state index contributed by atoms with van der Waals surface area (Å²) in [7, 11) is 4.18. The van der Waals surface area contributed by atoms with E-state index in [0.29, 0.717) is 30.0 Å². The van der Waals surface area contributed by atoms with E-state index in [2.05, 4.69) is 24.3 Å². The highest BCUT2D eigenvalue weighted by Gasteiger charge is 2.50. The van der Waals surface area contributed by atoms with Crippen molar-refractivity contribution in [2.24, 2.45) is 23.2 Å². The van der Waals surface area contributed by atoms with Crippen molar-refractivity contribution < 1.29 is 9.59 Å². The number of fused-ring (bicyclic) bond motifs is 1. The van der Waals surface area contributed by atoms with Crippen LogP contribution in [0.4, 0.5) is 0 Å². The average Bonchev–Trinajstić information content (AvgIpc) is 3.28. The van der Waals surface area contributed by atoms with Crippen LogP contribution >= 0.6 is 0 Å². The van der Waals surface area contributed by atoms with Crippen LogP contribution in [0.1, 0.15) is 74.0 Å². The minimum atomic E-state index is -0.0144. The number of aromatic nitrogens is 2. The van der Waals surface area contributed by atoms with E-state index in [-0.39, 0.29) is 11.8 Å². The van der Waals surface area contributed by atoms with Gasteiger partial charge in [-0.1, -0.05) is 6.07 Å². The number of carbonyl (C=O) groups is 2. The first-order valence-corrected chi connectivity index (χ1v) is 14.1. The summed E-state index contributed by atoms with van der Waals surface area (Å²) < 4.78 is 1.90. The van der Waals surface area contributed by atoms with Gasteiger partial charge in [0.1, 0.15) is 11.3 Å².